The molecule has 0 radical (unpaired) electrons. The van der Waals surface area contributed by atoms with Crippen molar-refractivity contribution in [3.05, 3.63) is 51.2 Å². The lowest BCUT2D eigenvalue weighted by Gasteiger charge is -2.08. The third kappa shape index (κ3) is 3.24. The van der Waals surface area contributed by atoms with Gasteiger partial charge in [0.05, 0.1) is 6.61 Å². The number of aromatic carboxylic acids is 1. The van der Waals surface area contributed by atoms with Crippen LogP contribution in [0.5, 0.6) is 5.75 Å². The van der Waals surface area contributed by atoms with E-state index in [0.717, 1.165) is 6.42 Å². The Bertz CT molecular complexity index is 537. The molecule has 1 aromatic heterocycles. The smallest absolute Gasteiger partial charge is 0.339 e. The molecule has 0 atom stereocenters. The van der Waals surface area contributed by atoms with Crippen molar-refractivity contribution in [1.29, 1.82) is 0 Å². The summed E-state index contributed by atoms with van der Waals surface area (Å²) in [7, 11) is 0. The van der Waals surface area contributed by atoms with Crippen molar-refractivity contribution in [3.63, 3.8) is 0 Å². The number of thiophene rings is 1. The van der Waals surface area contributed by atoms with E-state index in [1.807, 2.05) is 17.5 Å². The van der Waals surface area contributed by atoms with Crippen LogP contribution in [0.15, 0.2) is 35.7 Å². The Kier molecular flexibility index (Phi) is 4.23. The maximum absolute atomic E-state index is 11.0. The zero-order valence-corrected chi connectivity index (χ0v) is 11.0. The fourth-order valence-electron chi connectivity index (χ4n) is 1.51. The molecule has 0 unspecified atom stereocenters. The monoisotopic (exact) mass is 282 g/mol. The van der Waals surface area contributed by atoms with Gasteiger partial charge in [-0.3, -0.25) is 0 Å². The number of rotatable bonds is 5. The first-order valence-electron chi connectivity index (χ1n) is 5.35. The average molecular weight is 283 g/mol. The van der Waals surface area contributed by atoms with Gasteiger partial charge < -0.3 is 9.84 Å². The molecule has 0 fully saturated rings. The first-order chi connectivity index (χ1) is 8.66. The highest BCUT2D eigenvalue weighted by molar-refractivity contribution is 7.09. The largest absolute Gasteiger partial charge is 0.492 e. The molecule has 94 valence electrons. The van der Waals surface area contributed by atoms with Crippen LogP contribution in [0.25, 0.3) is 0 Å². The molecule has 2 rings (SSSR count). The van der Waals surface area contributed by atoms with Crippen LogP contribution in [0, 0.1) is 0 Å². The molecule has 0 aliphatic rings. The van der Waals surface area contributed by atoms with Gasteiger partial charge in [0.15, 0.2) is 0 Å². The van der Waals surface area contributed by atoms with E-state index in [1.165, 1.54) is 10.9 Å². The van der Waals surface area contributed by atoms with E-state index in [1.54, 1.807) is 23.5 Å². The second kappa shape index (κ2) is 5.89. The minimum absolute atomic E-state index is 0.0914. The Labute approximate surface area is 114 Å². The van der Waals surface area contributed by atoms with Crippen LogP contribution in [-0.2, 0) is 6.42 Å². The first kappa shape index (κ1) is 12.9. The zero-order chi connectivity index (χ0) is 13.0. The summed E-state index contributed by atoms with van der Waals surface area (Å²) in [4.78, 5) is 12.2. The highest BCUT2D eigenvalue weighted by atomic mass is 35.5. The van der Waals surface area contributed by atoms with Crippen LogP contribution in [0.1, 0.15) is 15.2 Å². The number of hydrogen-bond donors (Lipinski definition) is 1. The predicted octanol–water partition coefficient (Wildman–Crippen LogP) is 3.72. The second-order valence-corrected chi connectivity index (χ2v) is 5.09. The molecule has 0 spiro atoms. The number of carboxylic acid groups (broad SMARTS) is 1. The Balaban J connectivity index is 2.02. The molecule has 1 aromatic carbocycles. The van der Waals surface area contributed by atoms with Crippen molar-refractivity contribution in [2.45, 2.75) is 6.42 Å². The molecule has 1 N–H and O–H groups in total. The summed E-state index contributed by atoms with van der Waals surface area (Å²) in [6, 6.07) is 8.60. The molecular formula is C13H11ClO3S. The standard InChI is InChI=1S/C13H11ClO3S/c14-9-3-4-12(11(8-9)13(15)16)17-6-5-10-2-1-7-18-10/h1-4,7-8H,5-6H2,(H,15,16). The number of ether oxygens (including phenoxy) is 1. The van der Waals surface area contributed by atoms with Crippen LogP contribution in [0.3, 0.4) is 0 Å². The molecule has 5 heteroatoms. The van der Waals surface area contributed by atoms with E-state index in [9.17, 15) is 4.79 Å². The van der Waals surface area contributed by atoms with Gasteiger partial charge in [-0.15, -0.1) is 11.3 Å². The average Bonchev–Trinajstić information content (AvgIpc) is 2.84. The Morgan fingerprint density at radius 1 is 1.39 bits per heavy atom. The topological polar surface area (TPSA) is 46.5 Å². The highest BCUT2D eigenvalue weighted by Gasteiger charge is 2.11. The summed E-state index contributed by atoms with van der Waals surface area (Å²) in [5, 5.41) is 11.4. The Morgan fingerprint density at radius 3 is 2.89 bits per heavy atom. The molecule has 0 aliphatic heterocycles. The van der Waals surface area contributed by atoms with Gasteiger partial charge in [-0.1, -0.05) is 17.7 Å². The Hall–Kier alpha value is -1.52. The normalized spacial score (nSPS) is 10.3. The van der Waals surface area contributed by atoms with E-state index in [-0.39, 0.29) is 5.56 Å². The van der Waals surface area contributed by atoms with Gasteiger partial charge in [0.1, 0.15) is 11.3 Å². The third-order valence-corrected chi connectivity index (χ3v) is 3.53. The van der Waals surface area contributed by atoms with Crippen LogP contribution in [0.2, 0.25) is 5.02 Å². The van der Waals surface area contributed by atoms with E-state index in [0.29, 0.717) is 17.4 Å². The lowest BCUT2D eigenvalue weighted by molar-refractivity contribution is 0.0692. The van der Waals surface area contributed by atoms with Gasteiger partial charge in [0.2, 0.25) is 0 Å². The molecular weight excluding hydrogens is 272 g/mol. The molecule has 3 nitrogen and oxygen atoms in total. The fourth-order valence-corrected chi connectivity index (χ4v) is 2.37. The van der Waals surface area contributed by atoms with Crippen LogP contribution < -0.4 is 4.74 Å². The molecule has 0 bridgehead atoms. The van der Waals surface area contributed by atoms with Gasteiger partial charge >= 0.3 is 5.97 Å². The maximum Gasteiger partial charge on any atom is 0.339 e. The summed E-state index contributed by atoms with van der Waals surface area (Å²) >= 11 is 7.41. The van der Waals surface area contributed by atoms with E-state index in [4.69, 9.17) is 21.4 Å². The molecule has 0 saturated carbocycles. The molecule has 1 heterocycles. The summed E-state index contributed by atoms with van der Waals surface area (Å²) < 4.78 is 5.49. The van der Waals surface area contributed by atoms with E-state index < -0.39 is 5.97 Å². The molecule has 0 saturated heterocycles. The summed E-state index contributed by atoms with van der Waals surface area (Å²) in [5.41, 5.74) is 0.0914. The summed E-state index contributed by atoms with van der Waals surface area (Å²) in [6.45, 7) is 0.447. The quantitative estimate of drug-likeness (QED) is 0.909. The van der Waals surface area contributed by atoms with Crippen LogP contribution in [0.4, 0.5) is 0 Å². The molecule has 0 amide bonds. The van der Waals surface area contributed by atoms with Crippen LogP contribution in [-0.4, -0.2) is 17.7 Å². The predicted molar refractivity (Wildman–Crippen MR) is 71.9 cm³/mol. The molecule has 0 aliphatic carbocycles. The fraction of sp³-hybridized carbons (Fsp3) is 0.154. The number of halogens is 1. The van der Waals surface area contributed by atoms with Crippen molar-refractivity contribution in [2.24, 2.45) is 0 Å². The van der Waals surface area contributed by atoms with Crippen molar-refractivity contribution in [1.82, 2.24) is 0 Å². The summed E-state index contributed by atoms with van der Waals surface area (Å²) in [5.74, 6) is -0.688. The molecule has 18 heavy (non-hydrogen) atoms. The van der Waals surface area contributed by atoms with Gasteiger partial charge in [0.25, 0.3) is 0 Å². The van der Waals surface area contributed by atoms with Gasteiger partial charge in [-0.05, 0) is 29.6 Å². The van der Waals surface area contributed by atoms with Gasteiger partial charge in [-0.25, -0.2) is 4.79 Å². The third-order valence-electron chi connectivity index (χ3n) is 2.36. The number of carbonyl (C=O) groups is 1. The first-order valence-corrected chi connectivity index (χ1v) is 6.60. The van der Waals surface area contributed by atoms with Gasteiger partial charge in [-0.2, -0.15) is 0 Å². The summed E-state index contributed by atoms with van der Waals surface area (Å²) in [6.07, 6.45) is 0.763. The second-order valence-electron chi connectivity index (χ2n) is 3.62. The van der Waals surface area contributed by atoms with Crippen molar-refractivity contribution in [3.8, 4) is 5.75 Å². The van der Waals surface area contributed by atoms with Crippen LogP contribution >= 0.6 is 22.9 Å². The van der Waals surface area contributed by atoms with E-state index in [2.05, 4.69) is 0 Å². The minimum atomic E-state index is -1.04. The number of hydrogen-bond acceptors (Lipinski definition) is 3. The van der Waals surface area contributed by atoms with Crippen molar-refractivity contribution >= 4 is 28.9 Å². The zero-order valence-electron chi connectivity index (χ0n) is 9.43. The Morgan fingerprint density at radius 2 is 2.22 bits per heavy atom. The lowest BCUT2D eigenvalue weighted by atomic mass is 10.2. The van der Waals surface area contributed by atoms with Crippen molar-refractivity contribution in [2.75, 3.05) is 6.61 Å². The minimum Gasteiger partial charge on any atom is -0.492 e. The highest BCUT2D eigenvalue weighted by Crippen LogP contribution is 2.23. The molecule has 2 aromatic rings. The van der Waals surface area contributed by atoms with Crippen molar-refractivity contribution < 1.29 is 14.6 Å². The lowest BCUT2D eigenvalue weighted by Crippen LogP contribution is -2.05. The number of carboxylic acids is 1. The maximum atomic E-state index is 11.0. The number of benzene rings is 1. The van der Waals surface area contributed by atoms with Gasteiger partial charge in [0, 0.05) is 16.3 Å². The SMILES string of the molecule is O=C(O)c1cc(Cl)ccc1OCCc1cccs1. The van der Waals surface area contributed by atoms with E-state index >= 15 is 0 Å².